The number of hydrogen-bond acceptors (Lipinski definition) is 5. The Morgan fingerprint density at radius 3 is 2.48 bits per heavy atom. The summed E-state index contributed by atoms with van der Waals surface area (Å²) in [5, 5.41) is 3.17. The molecule has 7 heteroatoms. The molecular formula is C14H21N5OS. The van der Waals surface area contributed by atoms with Crippen molar-refractivity contribution in [2.45, 2.75) is 18.9 Å². The van der Waals surface area contributed by atoms with Crippen LogP contribution in [0.25, 0.3) is 0 Å². The molecule has 0 atom stereocenters. The summed E-state index contributed by atoms with van der Waals surface area (Å²) in [5.41, 5.74) is 0. The maximum Gasteiger partial charge on any atom is 0.317 e. The van der Waals surface area contributed by atoms with E-state index in [0.29, 0.717) is 0 Å². The molecule has 3 rings (SSSR count). The zero-order chi connectivity index (χ0) is 14.5. The monoisotopic (exact) mass is 307 g/mol. The Labute approximate surface area is 129 Å². The van der Waals surface area contributed by atoms with Gasteiger partial charge in [0.25, 0.3) is 0 Å². The van der Waals surface area contributed by atoms with E-state index >= 15 is 0 Å². The van der Waals surface area contributed by atoms with Gasteiger partial charge in [-0.05, 0) is 18.9 Å². The van der Waals surface area contributed by atoms with E-state index in [9.17, 15) is 4.79 Å². The maximum atomic E-state index is 12.2. The van der Waals surface area contributed by atoms with Crippen LogP contribution < -0.4 is 10.2 Å². The van der Waals surface area contributed by atoms with Crippen LogP contribution >= 0.6 is 11.8 Å². The molecule has 2 fully saturated rings. The van der Waals surface area contributed by atoms with E-state index in [2.05, 4.69) is 20.2 Å². The molecule has 1 aromatic heterocycles. The molecule has 1 N–H and O–H groups in total. The molecule has 0 bridgehead atoms. The van der Waals surface area contributed by atoms with Gasteiger partial charge in [0.05, 0.1) is 0 Å². The van der Waals surface area contributed by atoms with Crippen LogP contribution in [0.4, 0.5) is 10.7 Å². The molecular weight excluding hydrogens is 286 g/mol. The molecule has 0 aliphatic carbocycles. The van der Waals surface area contributed by atoms with Crippen molar-refractivity contribution in [1.29, 1.82) is 0 Å². The lowest BCUT2D eigenvalue weighted by Gasteiger charge is -2.34. The van der Waals surface area contributed by atoms with Gasteiger partial charge in [-0.25, -0.2) is 14.8 Å². The molecule has 114 valence electrons. The molecule has 2 saturated heterocycles. The number of carbonyl (C=O) groups excluding carboxylic acids is 1. The van der Waals surface area contributed by atoms with E-state index in [1.165, 1.54) is 0 Å². The first-order valence-electron chi connectivity index (χ1n) is 7.48. The summed E-state index contributed by atoms with van der Waals surface area (Å²) in [6, 6.07) is 2.20. The highest BCUT2D eigenvalue weighted by molar-refractivity contribution is 7.99. The number of hydrogen-bond donors (Lipinski definition) is 1. The van der Waals surface area contributed by atoms with Gasteiger partial charge in [0.15, 0.2) is 0 Å². The summed E-state index contributed by atoms with van der Waals surface area (Å²) >= 11 is 1.92. The van der Waals surface area contributed by atoms with Gasteiger partial charge >= 0.3 is 6.03 Å². The fourth-order valence-corrected chi connectivity index (χ4v) is 3.61. The average Bonchev–Trinajstić information content (AvgIpc) is 2.57. The molecule has 3 heterocycles. The standard InChI is InChI=1S/C14H21N5OS/c20-14(19-8-10-21-11-9-19)17-12-2-6-18(7-3-12)13-15-4-1-5-16-13/h1,4-5,12H,2-3,6-11H2,(H,17,20). The van der Waals surface area contributed by atoms with Crippen LogP contribution in [-0.2, 0) is 0 Å². The predicted molar refractivity (Wildman–Crippen MR) is 84.7 cm³/mol. The van der Waals surface area contributed by atoms with Gasteiger partial charge in [0, 0.05) is 56.1 Å². The van der Waals surface area contributed by atoms with E-state index < -0.39 is 0 Å². The molecule has 2 aliphatic rings. The van der Waals surface area contributed by atoms with Crippen LogP contribution in [0.3, 0.4) is 0 Å². The van der Waals surface area contributed by atoms with Crippen LogP contribution in [0.5, 0.6) is 0 Å². The lowest BCUT2D eigenvalue weighted by atomic mass is 10.1. The molecule has 0 saturated carbocycles. The average molecular weight is 307 g/mol. The van der Waals surface area contributed by atoms with Gasteiger partial charge < -0.3 is 15.1 Å². The Bertz CT molecular complexity index is 458. The first kappa shape index (κ1) is 14.4. The molecule has 6 nitrogen and oxygen atoms in total. The Balaban J connectivity index is 1.46. The van der Waals surface area contributed by atoms with Crippen LogP contribution in [0.15, 0.2) is 18.5 Å². The van der Waals surface area contributed by atoms with Crippen LogP contribution in [-0.4, -0.2) is 64.6 Å². The largest absolute Gasteiger partial charge is 0.341 e. The lowest BCUT2D eigenvalue weighted by Crippen LogP contribution is -2.51. The summed E-state index contributed by atoms with van der Waals surface area (Å²) in [4.78, 5) is 24.9. The number of nitrogens with zero attached hydrogens (tertiary/aromatic N) is 4. The summed E-state index contributed by atoms with van der Waals surface area (Å²) < 4.78 is 0. The SMILES string of the molecule is O=C(NC1CCN(c2ncccn2)CC1)N1CCSCC1. The third-order valence-electron chi connectivity index (χ3n) is 3.96. The van der Waals surface area contributed by atoms with Gasteiger partial charge in [-0.1, -0.05) is 0 Å². The summed E-state index contributed by atoms with van der Waals surface area (Å²) in [6.07, 6.45) is 5.44. The molecule has 2 amide bonds. The minimum absolute atomic E-state index is 0.102. The quantitative estimate of drug-likeness (QED) is 0.890. The van der Waals surface area contributed by atoms with E-state index in [-0.39, 0.29) is 12.1 Å². The van der Waals surface area contributed by atoms with Crippen molar-refractivity contribution < 1.29 is 4.79 Å². The topological polar surface area (TPSA) is 61.4 Å². The normalized spacial score (nSPS) is 20.4. The molecule has 2 aliphatic heterocycles. The Hall–Kier alpha value is -1.50. The number of amides is 2. The predicted octanol–water partition coefficient (Wildman–Crippen LogP) is 1.20. The Morgan fingerprint density at radius 2 is 1.81 bits per heavy atom. The van der Waals surface area contributed by atoms with Crippen molar-refractivity contribution in [1.82, 2.24) is 20.2 Å². The Kier molecular flexibility index (Phi) is 4.80. The fraction of sp³-hybridized carbons (Fsp3) is 0.643. The fourth-order valence-electron chi connectivity index (χ4n) is 2.71. The van der Waals surface area contributed by atoms with Crippen molar-refractivity contribution in [3.63, 3.8) is 0 Å². The second kappa shape index (κ2) is 6.98. The lowest BCUT2D eigenvalue weighted by molar-refractivity contribution is 0.196. The summed E-state index contributed by atoms with van der Waals surface area (Å²) in [5.74, 6) is 2.89. The van der Waals surface area contributed by atoms with Gasteiger partial charge in [0.2, 0.25) is 5.95 Å². The highest BCUT2D eigenvalue weighted by Crippen LogP contribution is 2.16. The van der Waals surface area contributed by atoms with E-state index in [1.54, 1.807) is 12.4 Å². The minimum Gasteiger partial charge on any atom is -0.341 e. The number of carbonyl (C=O) groups is 1. The minimum atomic E-state index is 0.102. The molecule has 1 aromatic rings. The smallest absolute Gasteiger partial charge is 0.317 e. The van der Waals surface area contributed by atoms with Crippen LogP contribution in [0, 0.1) is 0 Å². The first-order chi connectivity index (χ1) is 10.3. The first-order valence-corrected chi connectivity index (χ1v) is 8.63. The van der Waals surface area contributed by atoms with Crippen molar-refractivity contribution in [2.24, 2.45) is 0 Å². The van der Waals surface area contributed by atoms with Gasteiger partial charge in [0.1, 0.15) is 0 Å². The zero-order valence-electron chi connectivity index (χ0n) is 12.1. The third kappa shape index (κ3) is 3.78. The Morgan fingerprint density at radius 1 is 1.14 bits per heavy atom. The summed E-state index contributed by atoms with van der Waals surface area (Å²) in [6.45, 7) is 3.52. The van der Waals surface area contributed by atoms with Crippen molar-refractivity contribution >= 4 is 23.7 Å². The zero-order valence-corrected chi connectivity index (χ0v) is 12.9. The van der Waals surface area contributed by atoms with E-state index in [1.807, 2.05) is 22.7 Å². The van der Waals surface area contributed by atoms with Gasteiger partial charge in [-0.15, -0.1) is 0 Å². The van der Waals surface area contributed by atoms with Crippen molar-refractivity contribution in [3.8, 4) is 0 Å². The number of thioether (sulfide) groups is 1. The molecule has 0 radical (unpaired) electrons. The molecule has 0 unspecified atom stereocenters. The van der Waals surface area contributed by atoms with E-state index in [4.69, 9.17) is 0 Å². The van der Waals surface area contributed by atoms with Gasteiger partial charge in [-0.3, -0.25) is 0 Å². The van der Waals surface area contributed by atoms with Gasteiger partial charge in [-0.2, -0.15) is 11.8 Å². The van der Waals surface area contributed by atoms with Crippen molar-refractivity contribution in [3.05, 3.63) is 18.5 Å². The number of nitrogens with one attached hydrogen (secondary N) is 1. The maximum absolute atomic E-state index is 12.2. The number of rotatable bonds is 2. The second-order valence-corrected chi connectivity index (χ2v) is 6.58. The second-order valence-electron chi connectivity index (χ2n) is 5.36. The highest BCUT2D eigenvalue weighted by atomic mass is 32.2. The molecule has 21 heavy (non-hydrogen) atoms. The highest BCUT2D eigenvalue weighted by Gasteiger charge is 2.24. The number of piperidine rings is 1. The number of anilines is 1. The number of aromatic nitrogens is 2. The van der Waals surface area contributed by atoms with Crippen molar-refractivity contribution in [2.75, 3.05) is 42.6 Å². The van der Waals surface area contributed by atoms with Crippen LogP contribution in [0.1, 0.15) is 12.8 Å². The summed E-state index contributed by atoms with van der Waals surface area (Å²) in [7, 11) is 0. The van der Waals surface area contributed by atoms with Crippen LogP contribution in [0.2, 0.25) is 0 Å². The van der Waals surface area contributed by atoms with E-state index in [0.717, 1.165) is 56.5 Å². The third-order valence-corrected chi connectivity index (χ3v) is 4.90. The molecule has 0 aromatic carbocycles. The molecule has 0 spiro atoms. The number of urea groups is 1.